The maximum absolute atomic E-state index is 12.4. The summed E-state index contributed by atoms with van der Waals surface area (Å²) in [6.45, 7) is 6.22. The molecule has 1 atom stereocenters. The van der Waals surface area contributed by atoms with Crippen LogP contribution >= 0.6 is 0 Å². The van der Waals surface area contributed by atoms with E-state index in [4.69, 9.17) is 9.47 Å². The summed E-state index contributed by atoms with van der Waals surface area (Å²) >= 11 is 0. The molecule has 0 radical (unpaired) electrons. The molecule has 0 fully saturated rings. The summed E-state index contributed by atoms with van der Waals surface area (Å²) in [5, 5.41) is 0. The molecule has 1 amide bonds. The molecule has 1 aromatic rings. The van der Waals surface area contributed by atoms with Crippen molar-refractivity contribution in [1.29, 1.82) is 0 Å². The molecule has 0 spiro atoms. The fraction of sp³-hybridized carbons (Fsp3) is 0.444. The summed E-state index contributed by atoms with van der Waals surface area (Å²) in [7, 11) is 2.96. The monoisotopic (exact) mass is 319 g/mol. The fourth-order valence-electron chi connectivity index (χ4n) is 2.13. The second-order valence-corrected chi connectivity index (χ2v) is 5.71. The molecule has 0 saturated carbocycles. The van der Waals surface area contributed by atoms with Crippen LogP contribution in [-0.4, -0.2) is 37.5 Å². The average molecular weight is 319 g/mol. The van der Waals surface area contributed by atoms with Gasteiger partial charge in [-0.25, -0.2) is 0 Å². The molecule has 0 aliphatic rings. The van der Waals surface area contributed by atoms with Crippen LogP contribution in [0, 0.1) is 5.92 Å². The molecule has 0 aliphatic heterocycles. The Morgan fingerprint density at radius 1 is 1.17 bits per heavy atom. The van der Waals surface area contributed by atoms with Gasteiger partial charge < -0.3 is 14.4 Å². The van der Waals surface area contributed by atoms with Gasteiger partial charge in [-0.2, -0.15) is 0 Å². The highest BCUT2D eigenvalue weighted by Gasteiger charge is 2.20. The van der Waals surface area contributed by atoms with Gasteiger partial charge in [0.2, 0.25) is 5.91 Å². The number of carbonyl (C=O) groups excluding carboxylic acids is 2. The topological polar surface area (TPSA) is 55.8 Å². The normalized spacial score (nSPS) is 11.3. The highest BCUT2D eigenvalue weighted by Crippen LogP contribution is 2.15. The molecular formula is C18H25NO4. The van der Waals surface area contributed by atoms with Crippen molar-refractivity contribution >= 4 is 11.9 Å². The number of allylic oxidation sites excluding steroid dienone is 1. The SMILES string of the molecule is COC(=O)C(C)CN(Cc1ccc(OC)cc1)C(=O)C=C(C)C. The second-order valence-electron chi connectivity index (χ2n) is 5.71. The number of hydrogen-bond acceptors (Lipinski definition) is 4. The van der Waals surface area contributed by atoms with Crippen molar-refractivity contribution in [2.75, 3.05) is 20.8 Å². The van der Waals surface area contributed by atoms with E-state index in [1.807, 2.05) is 38.1 Å². The molecule has 0 saturated heterocycles. The quantitative estimate of drug-likeness (QED) is 0.573. The molecule has 0 heterocycles. The Morgan fingerprint density at radius 2 is 1.78 bits per heavy atom. The zero-order valence-electron chi connectivity index (χ0n) is 14.5. The number of ether oxygens (including phenoxy) is 2. The van der Waals surface area contributed by atoms with E-state index in [9.17, 15) is 9.59 Å². The summed E-state index contributed by atoms with van der Waals surface area (Å²) in [6, 6.07) is 7.51. The Bertz CT molecular complexity index is 559. The van der Waals surface area contributed by atoms with Crippen molar-refractivity contribution in [3.63, 3.8) is 0 Å². The van der Waals surface area contributed by atoms with E-state index in [-0.39, 0.29) is 17.8 Å². The molecule has 5 nitrogen and oxygen atoms in total. The van der Waals surface area contributed by atoms with E-state index < -0.39 is 0 Å². The van der Waals surface area contributed by atoms with Gasteiger partial charge in [0.05, 0.1) is 20.1 Å². The molecule has 1 rings (SSSR count). The number of amides is 1. The van der Waals surface area contributed by atoms with E-state index >= 15 is 0 Å². The fourth-order valence-corrected chi connectivity index (χ4v) is 2.13. The third kappa shape index (κ3) is 6.14. The number of rotatable bonds is 7. The second kappa shape index (κ2) is 8.98. The molecule has 0 N–H and O–H groups in total. The molecule has 1 aromatic carbocycles. The van der Waals surface area contributed by atoms with Gasteiger partial charge in [-0.3, -0.25) is 9.59 Å². The van der Waals surface area contributed by atoms with Crippen molar-refractivity contribution in [2.24, 2.45) is 5.92 Å². The Hall–Kier alpha value is -2.30. The van der Waals surface area contributed by atoms with Crippen LogP contribution in [0.2, 0.25) is 0 Å². The van der Waals surface area contributed by atoms with Crippen molar-refractivity contribution in [2.45, 2.75) is 27.3 Å². The van der Waals surface area contributed by atoms with Crippen LogP contribution in [0.1, 0.15) is 26.3 Å². The lowest BCUT2D eigenvalue weighted by Gasteiger charge is -2.24. The van der Waals surface area contributed by atoms with E-state index in [0.717, 1.165) is 16.9 Å². The molecule has 5 heteroatoms. The number of hydrogen-bond donors (Lipinski definition) is 0. The van der Waals surface area contributed by atoms with Crippen molar-refractivity contribution in [3.8, 4) is 5.75 Å². The first-order chi connectivity index (χ1) is 10.9. The van der Waals surface area contributed by atoms with Crippen LogP contribution in [0.25, 0.3) is 0 Å². The van der Waals surface area contributed by atoms with E-state index in [1.165, 1.54) is 7.11 Å². The lowest BCUT2D eigenvalue weighted by molar-refractivity contribution is -0.146. The zero-order valence-corrected chi connectivity index (χ0v) is 14.5. The zero-order chi connectivity index (χ0) is 17.4. The number of benzene rings is 1. The predicted octanol–water partition coefficient (Wildman–Crippen LogP) is 2.80. The Morgan fingerprint density at radius 3 is 2.26 bits per heavy atom. The summed E-state index contributed by atoms with van der Waals surface area (Å²) in [6.07, 6.45) is 1.58. The van der Waals surface area contributed by atoms with Crippen LogP contribution < -0.4 is 4.74 Å². The summed E-state index contributed by atoms with van der Waals surface area (Å²) in [5.74, 6) is -0.0575. The van der Waals surface area contributed by atoms with Gasteiger partial charge in [-0.15, -0.1) is 0 Å². The van der Waals surface area contributed by atoms with Crippen LogP contribution in [0.3, 0.4) is 0 Å². The number of carbonyl (C=O) groups is 2. The Labute approximate surface area is 137 Å². The molecular weight excluding hydrogens is 294 g/mol. The number of esters is 1. The van der Waals surface area contributed by atoms with Crippen LogP contribution in [0.4, 0.5) is 0 Å². The van der Waals surface area contributed by atoms with Crippen LogP contribution in [0.15, 0.2) is 35.9 Å². The van der Waals surface area contributed by atoms with E-state index in [0.29, 0.717) is 13.1 Å². The number of nitrogens with zero attached hydrogens (tertiary/aromatic N) is 1. The summed E-state index contributed by atoms with van der Waals surface area (Å²) in [4.78, 5) is 25.7. The lowest BCUT2D eigenvalue weighted by Crippen LogP contribution is -2.36. The maximum atomic E-state index is 12.4. The Balaban J connectivity index is 2.91. The average Bonchev–Trinajstić information content (AvgIpc) is 2.53. The first kappa shape index (κ1) is 18.7. The van der Waals surface area contributed by atoms with Crippen molar-refractivity contribution < 1.29 is 19.1 Å². The first-order valence-corrected chi connectivity index (χ1v) is 7.52. The molecule has 126 valence electrons. The summed E-state index contributed by atoms with van der Waals surface area (Å²) < 4.78 is 9.88. The third-order valence-electron chi connectivity index (χ3n) is 3.35. The highest BCUT2D eigenvalue weighted by molar-refractivity contribution is 5.88. The van der Waals surface area contributed by atoms with Gasteiger partial charge in [0, 0.05) is 19.2 Å². The van der Waals surface area contributed by atoms with Gasteiger partial charge in [0.15, 0.2) is 0 Å². The predicted molar refractivity (Wildman–Crippen MR) is 89.0 cm³/mol. The highest BCUT2D eigenvalue weighted by atomic mass is 16.5. The van der Waals surface area contributed by atoms with Gasteiger partial charge >= 0.3 is 5.97 Å². The Kier molecular flexibility index (Phi) is 7.32. The molecule has 23 heavy (non-hydrogen) atoms. The first-order valence-electron chi connectivity index (χ1n) is 7.52. The van der Waals surface area contributed by atoms with Gasteiger partial charge in [-0.1, -0.05) is 24.6 Å². The van der Waals surface area contributed by atoms with Crippen LogP contribution in [0.5, 0.6) is 5.75 Å². The van der Waals surface area contributed by atoms with E-state index in [1.54, 1.807) is 25.0 Å². The van der Waals surface area contributed by atoms with Crippen molar-refractivity contribution in [1.82, 2.24) is 4.90 Å². The maximum Gasteiger partial charge on any atom is 0.310 e. The minimum Gasteiger partial charge on any atom is -0.497 e. The summed E-state index contributed by atoms with van der Waals surface area (Å²) in [5.41, 5.74) is 1.89. The molecule has 0 aromatic heterocycles. The molecule has 0 bridgehead atoms. The van der Waals surface area contributed by atoms with Gasteiger partial charge in [0.25, 0.3) is 0 Å². The minimum atomic E-state index is -0.382. The molecule has 1 unspecified atom stereocenters. The van der Waals surface area contributed by atoms with Gasteiger partial charge in [-0.05, 0) is 31.5 Å². The van der Waals surface area contributed by atoms with Crippen LogP contribution in [-0.2, 0) is 20.9 Å². The van der Waals surface area contributed by atoms with E-state index in [2.05, 4.69) is 0 Å². The smallest absolute Gasteiger partial charge is 0.310 e. The largest absolute Gasteiger partial charge is 0.497 e. The van der Waals surface area contributed by atoms with Gasteiger partial charge in [0.1, 0.15) is 5.75 Å². The standard InChI is InChI=1S/C18H25NO4/c1-13(2)10-17(20)19(11-14(3)18(21)23-5)12-15-6-8-16(22-4)9-7-15/h6-10,14H,11-12H2,1-5H3. The number of methoxy groups -OCH3 is 2. The lowest BCUT2D eigenvalue weighted by atomic mass is 10.1. The third-order valence-corrected chi connectivity index (χ3v) is 3.35. The molecule has 0 aliphatic carbocycles. The van der Waals surface area contributed by atoms with Crippen molar-refractivity contribution in [3.05, 3.63) is 41.5 Å². The minimum absolute atomic E-state index is 0.114.